The van der Waals surface area contributed by atoms with Crippen molar-refractivity contribution in [1.29, 1.82) is 0 Å². The zero-order valence-corrected chi connectivity index (χ0v) is 12.1. The van der Waals surface area contributed by atoms with Crippen LogP contribution in [0, 0.1) is 0 Å². The Morgan fingerprint density at radius 2 is 2.05 bits per heavy atom. The van der Waals surface area contributed by atoms with Crippen LogP contribution < -0.4 is 5.32 Å². The molecule has 108 valence electrons. The summed E-state index contributed by atoms with van der Waals surface area (Å²) in [6.07, 6.45) is 2.05. The van der Waals surface area contributed by atoms with Gasteiger partial charge < -0.3 is 19.4 Å². The third-order valence-corrected chi connectivity index (χ3v) is 3.15. The number of hydrogen-bond donors (Lipinski definition) is 1. The number of methoxy groups -OCH3 is 1. The summed E-state index contributed by atoms with van der Waals surface area (Å²) in [5.41, 5.74) is 3.53. The van der Waals surface area contributed by atoms with Gasteiger partial charge in [-0.2, -0.15) is 0 Å². The van der Waals surface area contributed by atoms with Crippen molar-refractivity contribution in [3.8, 4) is 0 Å². The van der Waals surface area contributed by atoms with Gasteiger partial charge >= 0.3 is 0 Å². The second-order valence-corrected chi connectivity index (χ2v) is 4.71. The lowest BCUT2D eigenvalue weighted by atomic mass is 10.2. The molecule has 0 spiro atoms. The van der Waals surface area contributed by atoms with Crippen molar-refractivity contribution in [2.45, 2.75) is 13.2 Å². The monoisotopic (exact) mass is 274 g/mol. The number of nitrogens with zero attached hydrogens (tertiary/aromatic N) is 1. The molecule has 0 unspecified atom stereocenters. The van der Waals surface area contributed by atoms with E-state index >= 15 is 0 Å². The van der Waals surface area contributed by atoms with E-state index in [1.165, 1.54) is 5.69 Å². The number of rotatable bonds is 8. The van der Waals surface area contributed by atoms with Gasteiger partial charge in [-0.1, -0.05) is 12.1 Å². The summed E-state index contributed by atoms with van der Waals surface area (Å²) in [6.45, 7) is 2.68. The second kappa shape index (κ2) is 7.72. The van der Waals surface area contributed by atoms with Crippen molar-refractivity contribution in [2.24, 2.45) is 7.05 Å². The first-order valence-electron chi connectivity index (χ1n) is 6.79. The molecule has 1 aromatic heterocycles. The maximum Gasteiger partial charge on any atom is 0.0718 e. The lowest BCUT2D eigenvalue weighted by Gasteiger charge is -2.09. The van der Waals surface area contributed by atoms with E-state index in [0.29, 0.717) is 19.8 Å². The highest BCUT2D eigenvalue weighted by molar-refractivity contribution is 5.45. The molecule has 0 aliphatic heterocycles. The summed E-state index contributed by atoms with van der Waals surface area (Å²) in [4.78, 5) is 0. The van der Waals surface area contributed by atoms with Crippen LogP contribution >= 0.6 is 0 Å². The Kier molecular flexibility index (Phi) is 5.65. The van der Waals surface area contributed by atoms with Crippen molar-refractivity contribution in [2.75, 3.05) is 25.6 Å². The predicted octanol–water partition coefficient (Wildman–Crippen LogP) is 2.80. The molecule has 1 N–H and O–H groups in total. The Morgan fingerprint density at radius 1 is 1.15 bits per heavy atom. The van der Waals surface area contributed by atoms with Gasteiger partial charge in [-0.15, -0.1) is 0 Å². The zero-order valence-electron chi connectivity index (χ0n) is 12.1. The molecule has 4 nitrogen and oxygen atoms in total. The van der Waals surface area contributed by atoms with Crippen molar-refractivity contribution in [3.63, 3.8) is 0 Å². The fourth-order valence-electron chi connectivity index (χ4n) is 1.98. The standard InChI is InChI=1S/C16H22N2O2/c1-18-8-4-7-16(18)12-17-15-6-3-5-14(11-15)13-20-10-9-19-2/h3-8,11,17H,9-10,12-13H2,1-2H3. The summed E-state index contributed by atoms with van der Waals surface area (Å²) in [6, 6.07) is 12.5. The van der Waals surface area contributed by atoms with Gasteiger partial charge in [0.05, 0.1) is 26.4 Å². The van der Waals surface area contributed by atoms with Crippen molar-refractivity contribution in [3.05, 3.63) is 53.9 Å². The number of aromatic nitrogens is 1. The number of anilines is 1. The van der Waals surface area contributed by atoms with Crippen molar-refractivity contribution >= 4 is 5.69 Å². The minimum atomic E-state index is 0.614. The van der Waals surface area contributed by atoms with E-state index in [0.717, 1.165) is 17.8 Å². The quantitative estimate of drug-likeness (QED) is 0.752. The highest BCUT2D eigenvalue weighted by Gasteiger charge is 1.99. The minimum Gasteiger partial charge on any atom is -0.382 e. The first-order valence-corrected chi connectivity index (χ1v) is 6.79. The van der Waals surface area contributed by atoms with Crippen LogP contribution in [0.2, 0.25) is 0 Å². The molecule has 0 aliphatic carbocycles. The van der Waals surface area contributed by atoms with Gasteiger partial charge in [-0.3, -0.25) is 0 Å². The predicted molar refractivity (Wildman–Crippen MR) is 80.7 cm³/mol. The Hall–Kier alpha value is -1.78. The molecule has 0 atom stereocenters. The van der Waals surface area contributed by atoms with Gasteiger partial charge in [0.1, 0.15) is 0 Å². The van der Waals surface area contributed by atoms with Crippen LogP contribution in [-0.4, -0.2) is 24.9 Å². The maximum absolute atomic E-state index is 5.53. The normalized spacial score (nSPS) is 10.7. The number of hydrogen-bond acceptors (Lipinski definition) is 3. The Morgan fingerprint density at radius 3 is 2.80 bits per heavy atom. The first kappa shape index (κ1) is 14.6. The topological polar surface area (TPSA) is 35.4 Å². The molecule has 0 amide bonds. The summed E-state index contributed by atoms with van der Waals surface area (Å²) in [7, 11) is 3.73. The first-order chi connectivity index (χ1) is 9.79. The number of ether oxygens (including phenoxy) is 2. The summed E-state index contributed by atoms with van der Waals surface area (Å²) >= 11 is 0. The molecule has 4 heteroatoms. The Balaban J connectivity index is 1.84. The number of nitrogens with one attached hydrogen (secondary N) is 1. The van der Waals surface area contributed by atoms with Crippen LogP contribution in [0.25, 0.3) is 0 Å². The van der Waals surface area contributed by atoms with Crippen LogP contribution in [0.4, 0.5) is 5.69 Å². The second-order valence-electron chi connectivity index (χ2n) is 4.71. The summed E-state index contributed by atoms with van der Waals surface area (Å²) < 4.78 is 12.6. The fraction of sp³-hybridized carbons (Fsp3) is 0.375. The van der Waals surface area contributed by atoms with E-state index in [1.54, 1.807) is 7.11 Å². The third kappa shape index (κ3) is 4.40. The molecule has 2 rings (SSSR count). The van der Waals surface area contributed by atoms with Crippen molar-refractivity contribution < 1.29 is 9.47 Å². The molecule has 1 aromatic carbocycles. The van der Waals surface area contributed by atoms with Crippen LogP contribution in [0.3, 0.4) is 0 Å². The highest BCUT2D eigenvalue weighted by atomic mass is 16.5. The number of aryl methyl sites for hydroxylation is 1. The van der Waals surface area contributed by atoms with E-state index in [-0.39, 0.29) is 0 Å². The average Bonchev–Trinajstić information content (AvgIpc) is 2.87. The van der Waals surface area contributed by atoms with E-state index in [1.807, 2.05) is 6.07 Å². The summed E-state index contributed by atoms with van der Waals surface area (Å²) in [5, 5.41) is 3.43. The van der Waals surface area contributed by atoms with E-state index in [4.69, 9.17) is 9.47 Å². The van der Waals surface area contributed by atoms with Crippen LogP contribution in [0.5, 0.6) is 0 Å². The lowest BCUT2D eigenvalue weighted by molar-refractivity contribution is 0.0617. The van der Waals surface area contributed by atoms with Gasteiger partial charge in [0.15, 0.2) is 0 Å². The molecular formula is C16H22N2O2. The Bertz CT molecular complexity index is 523. The van der Waals surface area contributed by atoms with Crippen LogP contribution in [-0.2, 0) is 29.7 Å². The largest absolute Gasteiger partial charge is 0.382 e. The zero-order chi connectivity index (χ0) is 14.2. The molecule has 0 radical (unpaired) electrons. The van der Waals surface area contributed by atoms with Gasteiger partial charge in [0, 0.05) is 31.7 Å². The lowest BCUT2D eigenvalue weighted by Crippen LogP contribution is -2.05. The molecule has 0 aliphatic rings. The van der Waals surface area contributed by atoms with Crippen LogP contribution in [0.1, 0.15) is 11.3 Å². The van der Waals surface area contributed by atoms with Gasteiger partial charge in [-0.05, 0) is 29.8 Å². The van der Waals surface area contributed by atoms with Crippen LogP contribution in [0.15, 0.2) is 42.6 Å². The number of benzene rings is 1. The van der Waals surface area contributed by atoms with Gasteiger partial charge in [0.25, 0.3) is 0 Å². The smallest absolute Gasteiger partial charge is 0.0718 e. The molecule has 1 heterocycles. The molecule has 0 saturated carbocycles. The van der Waals surface area contributed by atoms with E-state index in [2.05, 4.69) is 53.5 Å². The molecule has 20 heavy (non-hydrogen) atoms. The minimum absolute atomic E-state index is 0.614. The van der Waals surface area contributed by atoms with Gasteiger partial charge in [0.2, 0.25) is 0 Å². The van der Waals surface area contributed by atoms with E-state index in [9.17, 15) is 0 Å². The SMILES string of the molecule is COCCOCc1cccc(NCc2cccn2C)c1. The molecule has 0 bridgehead atoms. The molecule has 0 fully saturated rings. The molecule has 0 saturated heterocycles. The average molecular weight is 274 g/mol. The van der Waals surface area contributed by atoms with E-state index < -0.39 is 0 Å². The third-order valence-electron chi connectivity index (χ3n) is 3.15. The molecule has 2 aromatic rings. The maximum atomic E-state index is 5.53. The Labute approximate surface area is 120 Å². The highest BCUT2D eigenvalue weighted by Crippen LogP contribution is 2.13. The molecular weight excluding hydrogens is 252 g/mol. The van der Waals surface area contributed by atoms with Gasteiger partial charge in [-0.25, -0.2) is 0 Å². The van der Waals surface area contributed by atoms with Crippen molar-refractivity contribution in [1.82, 2.24) is 4.57 Å². The fourth-order valence-corrected chi connectivity index (χ4v) is 1.98. The summed E-state index contributed by atoms with van der Waals surface area (Å²) in [5.74, 6) is 0.